The van der Waals surface area contributed by atoms with Crippen LogP contribution in [-0.2, 0) is 6.42 Å². The number of nitrogens with zero attached hydrogens (tertiary/aromatic N) is 1. The lowest BCUT2D eigenvalue weighted by Gasteiger charge is -2.15. The number of benzene rings is 2. The van der Waals surface area contributed by atoms with E-state index in [0.717, 1.165) is 5.56 Å². The summed E-state index contributed by atoms with van der Waals surface area (Å²) < 4.78 is 11.4. The molecule has 2 aromatic carbocycles. The molecule has 21 heavy (non-hydrogen) atoms. The number of nitrogens with two attached hydrogens (primary N) is 1. The van der Waals surface area contributed by atoms with Crippen LogP contribution in [0.3, 0.4) is 0 Å². The van der Waals surface area contributed by atoms with Crippen molar-refractivity contribution in [3.05, 3.63) is 48.0 Å². The Morgan fingerprint density at radius 1 is 1.10 bits per heavy atom. The predicted molar refractivity (Wildman–Crippen MR) is 82.5 cm³/mol. The largest absolute Gasteiger partial charge is 0.489 e. The van der Waals surface area contributed by atoms with Crippen molar-refractivity contribution in [2.75, 3.05) is 5.73 Å². The lowest BCUT2D eigenvalue weighted by molar-refractivity contribution is 0.243. The Bertz CT molecular complexity index is 643. The summed E-state index contributed by atoms with van der Waals surface area (Å²) in [4.78, 5) is 0. The highest BCUT2D eigenvalue weighted by molar-refractivity contribution is 5.63. The van der Waals surface area contributed by atoms with E-state index in [4.69, 9.17) is 20.5 Å². The third-order valence-electron chi connectivity index (χ3n) is 2.82. The Hall–Kier alpha value is -2.67. The fourth-order valence-electron chi connectivity index (χ4n) is 1.86. The van der Waals surface area contributed by atoms with Crippen molar-refractivity contribution in [3.63, 3.8) is 0 Å². The van der Waals surface area contributed by atoms with Gasteiger partial charge in [0.2, 0.25) is 0 Å². The number of para-hydroxylation sites is 1. The Balaban J connectivity index is 2.17. The lowest BCUT2D eigenvalue weighted by atomic mass is 10.2. The van der Waals surface area contributed by atoms with E-state index >= 15 is 0 Å². The second-order valence-electron chi connectivity index (χ2n) is 4.92. The summed E-state index contributed by atoms with van der Waals surface area (Å²) in [6.07, 6.45) is 0.438. The van der Waals surface area contributed by atoms with Crippen LogP contribution in [0.15, 0.2) is 42.5 Å². The molecule has 0 radical (unpaired) electrons. The van der Waals surface area contributed by atoms with Crippen LogP contribution in [0.1, 0.15) is 19.4 Å². The maximum absolute atomic E-state index is 8.65. The Kier molecular flexibility index (Phi) is 4.68. The molecule has 0 heterocycles. The average molecular weight is 282 g/mol. The van der Waals surface area contributed by atoms with Crippen molar-refractivity contribution in [1.29, 1.82) is 5.26 Å². The highest BCUT2D eigenvalue weighted by atomic mass is 16.5. The monoisotopic (exact) mass is 282 g/mol. The van der Waals surface area contributed by atoms with Gasteiger partial charge >= 0.3 is 0 Å². The van der Waals surface area contributed by atoms with E-state index < -0.39 is 0 Å². The molecule has 0 spiro atoms. The van der Waals surface area contributed by atoms with Crippen molar-refractivity contribution in [2.45, 2.75) is 26.4 Å². The Morgan fingerprint density at radius 3 is 2.38 bits per heavy atom. The van der Waals surface area contributed by atoms with E-state index in [1.165, 1.54) is 0 Å². The predicted octanol–water partition coefficient (Wildman–Crippen LogP) is 3.91. The molecule has 0 aliphatic heterocycles. The fourth-order valence-corrected chi connectivity index (χ4v) is 1.86. The zero-order valence-corrected chi connectivity index (χ0v) is 12.2. The molecule has 0 saturated carbocycles. The van der Waals surface area contributed by atoms with Gasteiger partial charge in [0.1, 0.15) is 17.2 Å². The molecule has 0 amide bonds. The molecule has 0 fully saturated rings. The van der Waals surface area contributed by atoms with Gasteiger partial charge in [0.15, 0.2) is 5.75 Å². The normalized spacial score (nSPS) is 10.2. The maximum atomic E-state index is 8.65. The van der Waals surface area contributed by atoms with Gasteiger partial charge in [-0.1, -0.05) is 18.2 Å². The van der Waals surface area contributed by atoms with E-state index in [9.17, 15) is 0 Å². The van der Waals surface area contributed by atoms with Crippen LogP contribution in [0.5, 0.6) is 17.2 Å². The third kappa shape index (κ3) is 3.90. The van der Waals surface area contributed by atoms with Gasteiger partial charge in [-0.25, -0.2) is 0 Å². The molecule has 2 N–H and O–H groups in total. The molecular formula is C17H18N2O2. The van der Waals surface area contributed by atoms with Crippen LogP contribution in [0.25, 0.3) is 0 Å². The van der Waals surface area contributed by atoms with Crippen LogP contribution in [0.2, 0.25) is 0 Å². The van der Waals surface area contributed by atoms with Crippen molar-refractivity contribution in [1.82, 2.24) is 0 Å². The van der Waals surface area contributed by atoms with Crippen molar-refractivity contribution >= 4 is 5.69 Å². The fraction of sp³-hybridized carbons (Fsp3) is 0.235. The first kappa shape index (κ1) is 14.7. The number of ether oxygens (including phenoxy) is 2. The first-order chi connectivity index (χ1) is 10.1. The molecule has 0 aliphatic carbocycles. The Labute approximate surface area is 124 Å². The highest BCUT2D eigenvalue weighted by Crippen LogP contribution is 2.35. The maximum Gasteiger partial charge on any atom is 0.154 e. The zero-order valence-electron chi connectivity index (χ0n) is 12.2. The van der Waals surface area contributed by atoms with Crippen LogP contribution < -0.4 is 15.2 Å². The third-order valence-corrected chi connectivity index (χ3v) is 2.82. The summed E-state index contributed by atoms with van der Waals surface area (Å²) in [6, 6.07) is 14.9. The van der Waals surface area contributed by atoms with E-state index in [2.05, 4.69) is 6.07 Å². The molecular weight excluding hydrogens is 264 g/mol. The van der Waals surface area contributed by atoms with Gasteiger partial charge in [0.25, 0.3) is 0 Å². The van der Waals surface area contributed by atoms with Crippen molar-refractivity contribution in [3.8, 4) is 23.3 Å². The molecule has 4 nitrogen and oxygen atoms in total. The van der Waals surface area contributed by atoms with Gasteiger partial charge in [-0.05, 0) is 43.7 Å². The summed E-state index contributed by atoms with van der Waals surface area (Å²) in [7, 11) is 0. The molecule has 0 aromatic heterocycles. The topological polar surface area (TPSA) is 68.3 Å². The molecule has 2 rings (SSSR count). The van der Waals surface area contributed by atoms with E-state index in [0.29, 0.717) is 29.4 Å². The minimum absolute atomic E-state index is 0.0489. The van der Waals surface area contributed by atoms with E-state index in [-0.39, 0.29) is 6.10 Å². The van der Waals surface area contributed by atoms with Gasteiger partial charge < -0.3 is 15.2 Å². The minimum atomic E-state index is 0.0489. The Morgan fingerprint density at radius 2 is 1.76 bits per heavy atom. The summed E-state index contributed by atoms with van der Waals surface area (Å²) in [5, 5.41) is 8.65. The lowest BCUT2D eigenvalue weighted by Crippen LogP contribution is -2.07. The first-order valence-electron chi connectivity index (χ1n) is 6.79. The average Bonchev–Trinajstić information content (AvgIpc) is 2.45. The van der Waals surface area contributed by atoms with E-state index in [1.807, 2.05) is 50.2 Å². The van der Waals surface area contributed by atoms with E-state index in [1.54, 1.807) is 6.07 Å². The van der Waals surface area contributed by atoms with Gasteiger partial charge in [0.05, 0.1) is 18.6 Å². The zero-order chi connectivity index (χ0) is 15.2. The van der Waals surface area contributed by atoms with Gasteiger partial charge in [-0.3, -0.25) is 0 Å². The second kappa shape index (κ2) is 6.67. The molecule has 108 valence electrons. The molecule has 0 bridgehead atoms. The first-order valence-corrected chi connectivity index (χ1v) is 6.79. The van der Waals surface area contributed by atoms with Crippen LogP contribution in [0, 0.1) is 11.3 Å². The quantitative estimate of drug-likeness (QED) is 0.844. The van der Waals surface area contributed by atoms with Gasteiger partial charge in [0, 0.05) is 0 Å². The SMILES string of the molecule is CC(C)Oc1cccc(Oc2ccc(CC#N)cc2)c1N. The standard InChI is InChI=1S/C17H18N2O2/c1-12(2)20-15-4-3-5-16(17(15)19)21-14-8-6-13(7-9-14)10-11-18/h3-9,12H,10,19H2,1-2H3. The molecule has 0 unspecified atom stereocenters. The number of rotatable bonds is 5. The molecule has 0 aliphatic rings. The summed E-state index contributed by atoms with van der Waals surface area (Å²) in [5.74, 6) is 1.84. The number of hydrogen-bond donors (Lipinski definition) is 1. The van der Waals surface area contributed by atoms with Gasteiger partial charge in [-0.15, -0.1) is 0 Å². The smallest absolute Gasteiger partial charge is 0.154 e. The molecule has 2 aromatic rings. The molecule has 0 saturated heterocycles. The van der Waals surface area contributed by atoms with Crippen LogP contribution in [0.4, 0.5) is 5.69 Å². The number of nitriles is 1. The van der Waals surface area contributed by atoms with Crippen LogP contribution in [-0.4, -0.2) is 6.10 Å². The second-order valence-corrected chi connectivity index (χ2v) is 4.92. The summed E-state index contributed by atoms with van der Waals surface area (Å²) in [5.41, 5.74) is 7.50. The molecule has 4 heteroatoms. The summed E-state index contributed by atoms with van der Waals surface area (Å²) >= 11 is 0. The minimum Gasteiger partial charge on any atom is -0.489 e. The van der Waals surface area contributed by atoms with Crippen LogP contribution >= 0.6 is 0 Å². The van der Waals surface area contributed by atoms with Crippen molar-refractivity contribution in [2.24, 2.45) is 0 Å². The number of nitrogen functional groups attached to an aromatic ring is 1. The number of hydrogen-bond acceptors (Lipinski definition) is 4. The number of anilines is 1. The molecule has 0 atom stereocenters. The van der Waals surface area contributed by atoms with Crippen molar-refractivity contribution < 1.29 is 9.47 Å². The summed E-state index contributed by atoms with van der Waals surface area (Å²) in [6.45, 7) is 3.89. The van der Waals surface area contributed by atoms with Gasteiger partial charge in [-0.2, -0.15) is 5.26 Å². The highest BCUT2D eigenvalue weighted by Gasteiger charge is 2.09.